The summed E-state index contributed by atoms with van der Waals surface area (Å²) in [5, 5.41) is 19.3. The van der Waals surface area contributed by atoms with Gasteiger partial charge in [0.15, 0.2) is 0 Å². The number of rotatable bonds is 9. The highest BCUT2D eigenvalue weighted by Crippen LogP contribution is 2.39. The minimum absolute atomic E-state index is 0.00482. The number of hydrogen-bond donors (Lipinski definition) is 3. The fraction of sp³-hybridized carbons (Fsp3) is 0.439. The number of likely N-dealkylation sites (tertiary alicyclic amines) is 1. The lowest BCUT2D eigenvalue weighted by Crippen LogP contribution is -2.61. The molecule has 11 nitrogen and oxygen atoms in total. The molecule has 11 heteroatoms. The van der Waals surface area contributed by atoms with Crippen molar-refractivity contribution < 1.29 is 19.2 Å². The van der Waals surface area contributed by atoms with Gasteiger partial charge in [0.2, 0.25) is 17.7 Å². The molecule has 4 aliphatic rings. The predicted octanol–water partition coefficient (Wildman–Crippen LogP) is 3.42. The normalized spacial score (nSPS) is 20.6. The summed E-state index contributed by atoms with van der Waals surface area (Å²) in [6.07, 6.45) is 6.78. The zero-order valence-corrected chi connectivity index (χ0v) is 29.6. The number of carbonyl (C=O) groups excluding carboxylic acids is 4. The van der Waals surface area contributed by atoms with Crippen LogP contribution in [0.5, 0.6) is 0 Å². The summed E-state index contributed by atoms with van der Waals surface area (Å²) in [6, 6.07) is 25.9. The average molecular weight is 702 g/mol. The Balaban J connectivity index is 1.08. The van der Waals surface area contributed by atoms with Crippen molar-refractivity contribution in [1.82, 2.24) is 25.8 Å². The lowest BCUT2D eigenvalue weighted by Gasteiger charge is -2.44. The lowest BCUT2D eigenvalue weighted by molar-refractivity contribution is -0.141. The number of nitrogens with one attached hydrogen (secondary N) is 3. The molecule has 1 aliphatic carbocycles. The molecular formula is C41H47N7O4. The van der Waals surface area contributed by atoms with E-state index >= 15 is 0 Å². The summed E-state index contributed by atoms with van der Waals surface area (Å²) >= 11 is 0. The molecule has 0 unspecified atom stereocenters. The molecule has 0 radical (unpaired) electrons. The highest BCUT2D eigenvalue weighted by molar-refractivity contribution is 5.97. The molecule has 2 atom stereocenters. The Labute approximate surface area is 305 Å². The molecular weight excluding hydrogens is 654 g/mol. The van der Waals surface area contributed by atoms with E-state index < -0.39 is 17.6 Å². The van der Waals surface area contributed by atoms with Crippen LogP contribution < -0.4 is 20.9 Å². The predicted molar refractivity (Wildman–Crippen MR) is 197 cm³/mol. The molecule has 52 heavy (non-hydrogen) atoms. The van der Waals surface area contributed by atoms with Gasteiger partial charge in [0.05, 0.1) is 24.3 Å². The van der Waals surface area contributed by atoms with Crippen molar-refractivity contribution in [2.75, 3.05) is 31.2 Å². The van der Waals surface area contributed by atoms with Gasteiger partial charge < -0.3 is 30.7 Å². The van der Waals surface area contributed by atoms with E-state index in [1.807, 2.05) is 66.7 Å². The van der Waals surface area contributed by atoms with Crippen LogP contribution >= 0.6 is 0 Å². The van der Waals surface area contributed by atoms with Crippen LogP contribution in [0.25, 0.3) is 0 Å². The SMILES string of the molecule is N#Cc1ccccc1C[C@@H](NC(=O)[C@H]1Cc2ccccc2CN1)C(=O)N1CCC2(CC1)C(=O)N(CC(=O)NC1CCCCC1)CN2c1ccccc1. The van der Waals surface area contributed by atoms with Crippen molar-refractivity contribution in [3.63, 3.8) is 0 Å². The van der Waals surface area contributed by atoms with Gasteiger partial charge in [0, 0.05) is 37.8 Å². The first-order valence-corrected chi connectivity index (χ1v) is 18.6. The monoisotopic (exact) mass is 701 g/mol. The Morgan fingerprint density at radius 1 is 0.904 bits per heavy atom. The topological polar surface area (TPSA) is 138 Å². The van der Waals surface area contributed by atoms with Crippen LogP contribution in [0.2, 0.25) is 0 Å². The Morgan fingerprint density at radius 2 is 1.60 bits per heavy atom. The van der Waals surface area contributed by atoms with E-state index in [4.69, 9.17) is 0 Å². The van der Waals surface area contributed by atoms with Gasteiger partial charge in [-0.25, -0.2) is 0 Å². The van der Waals surface area contributed by atoms with Crippen molar-refractivity contribution in [3.05, 3.63) is 101 Å². The number of nitriles is 1. The second kappa shape index (κ2) is 15.6. The number of piperidine rings is 1. The maximum atomic E-state index is 14.4. The molecule has 1 spiro atoms. The van der Waals surface area contributed by atoms with Gasteiger partial charge in [-0.2, -0.15) is 5.26 Å². The Morgan fingerprint density at radius 3 is 2.35 bits per heavy atom. The maximum Gasteiger partial charge on any atom is 0.250 e. The Bertz CT molecular complexity index is 1830. The van der Waals surface area contributed by atoms with Crippen molar-refractivity contribution in [2.45, 2.75) is 88.0 Å². The van der Waals surface area contributed by atoms with E-state index in [0.29, 0.717) is 50.0 Å². The van der Waals surface area contributed by atoms with Crippen LogP contribution in [0, 0.1) is 11.3 Å². The third-order valence-electron chi connectivity index (χ3n) is 11.4. The van der Waals surface area contributed by atoms with Crippen LogP contribution in [0.3, 0.4) is 0 Å². The molecule has 2 saturated heterocycles. The molecule has 7 rings (SSSR count). The van der Waals surface area contributed by atoms with Gasteiger partial charge in [-0.3, -0.25) is 19.2 Å². The zero-order valence-electron chi connectivity index (χ0n) is 29.6. The number of nitrogens with zero attached hydrogens (tertiary/aromatic N) is 4. The first-order valence-electron chi connectivity index (χ1n) is 18.6. The number of anilines is 1. The van der Waals surface area contributed by atoms with Gasteiger partial charge in [0.1, 0.15) is 18.1 Å². The van der Waals surface area contributed by atoms with Gasteiger partial charge in [-0.15, -0.1) is 0 Å². The van der Waals surface area contributed by atoms with E-state index in [9.17, 15) is 24.4 Å². The van der Waals surface area contributed by atoms with Gasteiger partial charge in [0.25, 0.3) is 5.91 Å². The van der Waals surface area contributed by atoms with Crippen molar-refractivity contribution in [2.24, 2.45) is 0 Å². The maximum absolute atomic E-state index is 14.4. The Hall–Kier alpha value is -5.21. The smallest absolute Gasteiger partial charge is 0.250 e. The van der Waals surface area contributed by atoms with Crippen LogP contribution in [0.1, 0.15) is 67.2 Å². The summed E-state index contributed by atoms with van der Waals surface area (Å²) in [5.41, 5.74) is 3.38. The molecule has 270 valence electrons. The van der Waals surface area contributed by atoms with Gasteiger partial charge in [-0.05, 0) is 67.0 Å². The van der Waals surface area contributed by atoms with Crippen LogP contribution in [-0.4, -0.2) is 83.4 Å². The second-order valence-electron chi connectivity index (χ2n) is 14.6. The number of benzene rings is 3. The molecule has 3 aromatic rings. The van der Waals surface area contributed by atoms with Crippen LogP contribution in [0.4, 0.5) is 5.69 Å². The molecule has 4 amide bonds. The molecule has 0 aromatic heterocycles. The first-order chi connectivity index (χ1) is 25.3. The third-order valence-corrected chi connectivity index (χ3v) is 11.4. The molecule has 0 bridgehead atoms. The molecule has 3 heterocycles. The largest absolute Gasteiger partial charge is 0.352 e. The fourth-order valence-corrected chi connectivity index (χ4v) is 8.47. The van der Waals surface area contributed by atoms with E-state index in [2.05, 4.69) is 26.9 Å². The lowest BCUT2D eigenvalue weighted by atomic mass is 9.85. The van der Waals surface area contributed by atoms with Crippen LogP contribution in [0.15, 0.2) is 78.9 Å². The highest BCUT2D eigenvalue weighted by atomic mass is 16.2. The Kier molecular flexibility index (Phi) is 10.5. The van der Waals surface area contributed by atoms with E-state index in [0.717, 1.165) is 42.5 Å². The minimum Gasteiger partial charge on any atom is -0.352 e. The standard InChI is InChI=1S/C41H47N7O4/c42-25-31-13-9-7-11-29(31)24-36(45-38(50)35-23-30-12-8-10-14-32(30)26-43-35)39(51)46-21-19-41(20-22-46)40(52)47(28-48(41)34-17-5-2-6-18-34)27-37(49)44-33-15-3-1-4-16-33/h2,5-14,17-18,33,35-36,43H,1,3-4,15-16,19-24,26-28H2,(H,44,49)(H,45,50)/t35-,36-/m1/s1. The summed E-state index contributed by atoms with van der Waals surface area (Å²) < 4.78 is 0. The first kappa shape index (κ1) is 35.2. The summed E-state index contributed by atoms with van der Waals surface area (Å²) in [4.78, 5) is 61.1. The van der Waals surface area contributed by atoms with Crippen molar-refractivity contribution in [1.29, 1.82) is 5.26 Å². The summed E-state index contributed by atoms with van der Waals surface area (Å²) in [7, 11) is 0. The summed E-state index contributed by atoms with van der Waals surface area (Å²) in [5.74, 6) is -0.740. The highest BCUT2D eigenvalue weighted by Gasteiger charge is 2.54. The minimum atomic E-state index is -0.908. The number of carbonyl (C=O) groups is 4. The van der Waals surface area contributed by atoms with E-state index in [-0.39, 0.29) is 49.3 Å². The molecule has 3 N–H and O–H groups in total. The quantitative estimate of drug-likeness (QED) is 0.311. The summed E-state index contributed by atoms with van der Waals surface area (Å²) in [6.45, 7) is 1.45. The van der Waals surface area contributed by atoms with E-state index in [1.165, 1.54) is 6.42 Å². The molecule has 3 aromatic carbocycles. The third kappa shape index (κ3) is 7.39. The average Bonchev–Trinajstić information content (AvgIpc) is 3.44. The van der Waals surface area contributed by atoms with Gasteiger partial charge in [-0.1, -0.05) is 79.9 Å². The van der Waals surface area contributed by atoms with Crippen molar-refractivity contribution >= 4 is 29.3 Å². The fourth-order valence-electron chi connectivity index (χ4n) is 8.47. The number of amides is 4. The van der Waals surface area contributed by atoms with E-state index in [1.54, 1.807) is 21.9 Å². The van der Waals surface area contributed by atoms with Crippen LogP contribution in [-0.2, 0) is 38.6 Å². The number of hydrogen-bond acceptors (Lipinski definition) is 7. The van der Waals surface area contributed by atoms with Gasteiger partial charge >= 0.3 is 0 Å². The number of fused-ring (bicyclic) bond motifs is 1. The zero-order chi connectivity index (χ0) is 36.1. The molecule has 3 aliphatic heterocycles. The number of para-hydroxylation sites is 1. The second-order valence-corrected chi connectivity index (χ2v) is 14.6. The molecule has 1 saturated carbocycles. The van der Waals surface area contributed by atoms with Crippen molar-refractivity contribution in [3.8, 4) is 6.07 Å². The molecule has 3 fully saturated rings.